The summed E-state index contributed by atoms with van der Waals surface area (Å²) >= 11 is 5.32. The van der Waals surface area contributed by atoms with Crippen molar-refractivity contribution in [2.24, 2.45) is 0 Å². The van der Waals surface area contributed by atoms with Gasteiger partial charge in [0.1, 0.15) is 0 Å². The van der Waals surface area contributed by atoms with Gasteiger partial charge in [-0.2, -0.15) is 0 Å². The molecular formula is C4H9ClO2. The Labute approximate surface area is 47.7 Å². The lowest BCUT2D eigenvalue weighted by atomic mass is 10.3. The van der Waals surface area contributed by atoms with Crippen LogP contribution in [0.3, 0.4) is 0 Å². The van der Waals surface area contributed by atoms with Crippen LogP contribution in [0.4, 0.5) is 0 Å². The highest BCUT2D eigenvalue weighted by molar-refractivity contribution is 6.20. The SMILES string of the molecule is C[C@H](Cl)[C@H](O)CO. The Kier molecular flexibility index (Phi) is 3.34. The quantitative estimate of drug-likeness (QED) is 0.508. The van der Waals surface area contributed by atoms with E-state index in [1.54, 1.807) is 6.92 Å². The number of aliphatic hydroxyl groups excluding tert-OH is 2. The van der Waals surface area contributed by atoms with E-state index < -0.39 is 6.10 Å². The fourth-order valence-electron chi connectivity index (χ4n) is 0.145. The molecule has 0 aromatic carbocycles. The molecule has 2 nitrogen and oxygen atoms in total. The summed E-state index contributed by atoms with van der Waals surface area (Å²) < 4.78 is 0. The van der Waals surface area contributed by atoms with E-state index in [-0.39, 0.29) is 12.0 Å². The topological polar surface area (TPSA) is 40.5 Å². The van der Waals surface area contributed by atoms with Gasteiger partial charge in [0.05, 0.1) is 18.1 Å². The number of aliphatic hydroxyl groups is 2. The molecule has 44 valence electrons. The van der Waals surface area contributed by atoms with Gasteiger partial charge in [0.15, 0.2) is 0 Å². The molecule has 0 aromatic rings. The standard InChI is InChI=1S/C4H9ClO2/c1-3(5)4(7)2-6/h3-4,6-7H,2H2,1H3/t3-,4+/m0/s1. The molecule has 0 aliphatic heterocycles. The normalized spacial score (nSPS) is 18.9. The van der Waals surface area contributed by atoms with Crippen LogP contribution in [-0.4, -0.2) is 28.3 Å². The molecular weight excluding hydrogens is 115 g/mol. The van der Waals surface area contributed by atoms with Crippen LogP contribution in [0.1, 0.15) is 6.92 Å². The van der Waals surface area contributed by atoms with Crippen LogP contribution < -0.4 is 0 Å². The first-order chi connectivity index (χ1) is 3.18. The molecule has 7 heavy (non-hydrogen) atoms. The highest BCUT2D eigenvalue weighted by atomic mass is 35.5. The van der Waals surface area contributed by atoms with E-state index in [2.05, 4.69) is 0 Å². The Hall–Kier alpha value is 0.210. The number of halogens is 1. The molecule has 0 fully saturated rings. The second-order valence-electron chi connectivity index (χ2n) is 1.43. The van der Waals surface area contributed by atoms with Crippen molar-refractivity contribution in [1.82, 2.24) is 0 Å². The van der Waals surface area contributed by atoms with Crippen molar-refractivity contribution in [3.63, 3.8) is 0 Å². The molecule has 0 saturated heterocycles. The van der Waals surface area contributed by atoms with Gasteiger partial charge in [-0.1, -0.05) is 0 Å². The molecule has 0 unspecified atom stereocenters. The van der Waals surface area contributed by atoms with Gasteiger partial charge in [0.25, 0.3) is 0 Å². The monoisotopic (exact) mass is 124 g/mol. The van der Waals surface area contributed by atoms with Crippen molar-refractivity contribution in [2.45, 2.75) is 18.4 Å². The summed E-state index contributed by atoms with van der Waals surface area (Å²) in [5, 5.41) is 16.4. The summed E-state index contributed by atoms with van der Waals surface area (Å²) in [6.45, 7) is 1.37. The fourth-order valence-corrected chi connectivity index (χ4v) is 0.225. The van der Waals surface area contributed by atoms with Crippen LogP contribution in [0.2, 0.25) is 0 Å². The molecule has 2 atom stereocenters. The van der Waals surface area contributed by atoms with Gasteiger partial charge in [-0.3, -0.25) is 0 Å². The van der Waals surface area contributed by atoms with E-state index in [1.165, 1.54) is 0 Å². The Balaban J connectivity index is 3.14. The third kappa shape index (κ3) is 2.85. The predicted molar refractivity (Wildman–Crippen MR) is 28.4 cm³/mol. The van der Waals surface area contributed by atoms with E-state index in [9.17, 15) is 0 Å². The zero-order chi connectivity index (χ0) is 5.86. The minimum atomic E-state index is -0.776. The van der Waals surface area contributed by atoms with Gasteiger partial charge >= 0.3 is 0 Å². The summed E-state index contributed by atoms with van der Waals surface area (Å²) in [6.07, 6.45) is -0.776. The van der Waals surface area contributed by atoms with Gasteiger partial charge in [0, 0.05) is 0 Å². The minimum Gasteiger partial charge on any atom is -0.394 e. The number of hydrogen-bond acceptors (Lipinski definition) is 2. The summed E-state index contributed by atoms with van der Waals surface area (Å²) in [4.78, 5) is 0. The van der Waals surface area contributed by atoms with Crippen LogP contribution in [0, 0.1) is 0 Å². The van der Waals surface area contributed by atoms with Gasteiger partial charge < -0.3 is 10.2 Å². The van der Waals surface area contributed by atoms with E-state index in [0.717, 1.165) is 0 Å². The number of hydrogen-bond donors (Lipinski definition) is 2. The first kappa shape index (κ1) is 7.21. The average Bonchev–Trinajstić information content (AvgIpc) is 1.65. The molecule has 0 aliphatic rings. The smallest absolute Gasteiger partial charge is 0.0931 e. The molecule has 0 spiro atoms. The second-order valence-corrected chi connectivity index (χ2v) is 2.12. The van der Waals surface area contributed by atoms with Gasteiger partial charge in [-0.15, -0.1) is 11.6 Å². The summed E-state index contributed by atoms with van der Waals surface area (Å²) in [5.74, 6) is 0. The van der Waals surface area contributed by atoms with Crippen LogP contribution >= 0.6 is 11.6 Å². The van der Waals surface area contributed by atoms with E-state index in [4.69, 9.17) is 21.8 Å². The van der Waals surface area contributed by atoms with Crippen LogP contribution in [-0.2, 0) is 0 Å². The molecule has 0 saturated carbocycles. The maximum absolute atomic E-state index is 8.55. The summed E-state index contributed by atoms with van der Waals surface area (Å²) in [6, 6.07) is 0. The lowest BCUT2D eigenvalue weighted by Gasteiger charge is -2.06. The van der Waals surface area contributed by atoms with Crippen molar-refractivity contribution >= 4 is 11.6 Å². The predicted octanol–water partition coefficient (Wildman–Crippen LogP) is -0.0331. The lowest BCUT2D eigenvalue weighted by molar-refractivity contribution is 0.0950. The zero-order valence-corrected chi connectivity index (χ0v) is 4.89. The van der Waals surface area contributed by atoms with Crippen LogP contribution in [0.5, 0.6) is 0 Å². The summed E-state index contributed by atoms with van der Waals surface area (Å²) in [7, 11) is 0. The molecule has 3 heteroatoms. The van der Waals surface area contributed by atoms with E-state index in [1.807, 2.05) is 0 Å². The Morgan fingerprint density at radius 2 is 2.14 bits per heavy atom. The zero-order valence-electron chi connectivity index (χ0n) is 4.13. The molecule has 0 aromatic heterocycles. The van der Waals surface area contributed by atoms with E-state index >= 15 is 0 Å². The Morgan fingerprint density at radius 1 is 1.71 bits per heavy atom. The minimum absolute atomic E-state index is 0.259. The number of alkyl halides is 1. The largest absolute Gasteiger partial charge is 0.394 e. The van der Waals surface area contributed by atoms with Crippen LogP contribution in [0.25, 0.3) is 0 Å². The lowest BCUT2D eigenvalue weighted by Crippen LogP contribution is -2.21. The highest BCUT2D eigenvalue weighted by Crippen LogP contribution is 1.98. The molecule has 0 aliphatic carbocycles. The van der Waals surface area contributed by atoms with Crippen molar-refractivity contribution in [3.8, 4) is 0 Å². The first-order valence-electron chi connectivity index (χ1n) is 2.11. The molecule has 0 amide bonds. The summed E-state index contributed by atoms with van der Waals surface area (Å²) in [5.41, 5.74) is 0. The molecule has 0 radical (unpaired) electrons. The van der Waals surface area contributed by atoms with Gasteiger partial charge in [-0.05, 0) is 6.92 Å². The van der Waals surface area contributed by atoms with Crippen molar-refractivity contribution in [1.29, 1.82) is 0 Å². The second kappa shape index (κ2) is 3.24. The third-order valence-corrected chi connectivity index (χ3v) is 1.01. The Morgan fingerprint density at radius 3 is 2.14 bits per heavy atom. The maximum Gasteiger partial charge on any atom is 0.0931 e. The van der Waals surface area contributed by atoms with Crippen molar-refractivity contribution in [3.05, 3.63) is 0 Å². The molecule has 0 rings (SSSR count). The first-order valence-corrected chi connectivity index (χ1v) is 2.55. The van der Waals surface area contributed by atoms with Crippen molar-refractivity contribution in [2.75, 3.05) is 6.61 Å². The average molecular weight is 125 g/mol. The molecule has 0 heterocycles. The van der Waals surface area contributed by atoms with E-state index in [0.29, 0.717) is 0 Å². The maximum atomic E-state index is 8.55. The molecule has 2 N–H and O–H groups in total. The fraction of sp³-hybridized carbons (Fsp3) is 1.00. The van der Waals surface area contributed by atoms with Gasteiger partial charge in [0.2, 0.25) is 0 Å². The third-order valence-electron chi connectivity index (χ3n) is 0.717. The Bertz CT molecular complexity index is 47.0. The van der Waals surface area contributed by atoms with Gasteiger partial charge in [-0.25, -0.2) is 0 Å². The highest BCUT2D eigenvalue weighted by Gasteiger charge is 2.07. The van der Waals surface area contributed by atoms with Crippen LogP contribution in [0.15, 0.2) is 0 Å². The number of rotatable bonds is 2. The van der Waals surface area contributed by atoms with Crippen molar-refractivity contribution < 1.29 is 10.2 Å². The molecule has 0 bridgehead atoms.